The number of hydrogen-bond acceptors (Lipinski definition) is 4. The summed E-state index contributed by atoms with van der Waals surface area (Å²) in [5, 5.41) is 6.82. The smallest absolute Gasteiger partial charge is 0.294 e. The second-order valence-corrected chi connectivity index (χ2v) is 5.66. The Balaban J connectivity index is 1.76. The summed E-state index contributed by atoms with van der Waals surface area (Å²) in [7, 11) is 0. The minimum Gasteiger partial charge on any atom is -0.368 e. The molecule has 108 valence electrons. The number of rotatable bonds is 5. The number of amides is 2. The van der Waals surface area contributed by atoms with Crippen LogP contribution in [0.1, 0.15) is 60.9 Å². The Kier molecular flexibility index (Phi) is 3.42. The molecule has 0 spiro atoms. The van der Waals surface area contributed by atoms with Gasteiger partial charge in [-0.2, -0.15) is 0 Å². The fourth-order valence-electron chi connectivity index (χ4n) is 2.79. The highest BCUT2D eigenvalue weighted by atomic mass is 16.2. The first kappa shape index (κ1) is 13.1. The number of primary amides is 1. The first-order chi connectivity index (χ1) is 9.65. The maximum atomic E-state index is 12.5. The second-order valence-electron chi connectivity index (χ2n) is 5.66. The van der Waals surface area contributed by atoms with E-state index in [4.69, 9.17) is 5.73 Å². The van der Waals surface area contributed by atoms with Crippen LogP contribution in [0.3, 0.4) is 0 Å². The average molecular weight is 277 g/mol. The van der Waals surface area contributed by atoms with Gasteiger partial charge >= 0.3 is 0 Å². The maximum absolute atomic E-state index is 12.5. The van der Waals surface area contributed by atoms with Crippen molar-refractivity contribution in [3.05, 3.63) is 11.6 Å². The number of aromatic nitrogens is 3. The molecular formula is C13H19N5O2. The molecule has 0 bridgehead atoms. The molecule has 0 radical (unpaired) electrons. The summed E-state index contributed by atoms with van der Waals surface area (Å²) in [5.41, 5.74) is 5.26. The zero-order valence-corrected chi connectivity index (χ0v) is 11.3. The van der Waals surface area contributed by atoms with Crippen molar-refractivity contribution in [1.29, 1.82) is 0 Å². The van der Waals surface area contributed by atoms with Crippen LogP contribution < -0.4 is 5.73 Å². The first-order valence-electron chi connectivity index (χ1n) is 7.16. The minimum atomic E-state index is -0.497. The zero-order chi connectivity index (χ0) is 14.1. The van der Waals surface area contributed by atoms with Gasteiger partial charge in [-0.1, -0.05) is 12.8 Å². The Morgan fingerprint density at radius 2 is 1.95 bits per heavy atom. The molecule has 0 atom stereocenters. The van der Waals surface area contributed by atoms with E-state index in [1.165, 1.54) is 4.90 Å². The normalized spacial score (nSPS) is 19.2. The van der Waals surface area contributed by atoms with Gasteiger partial charge in [0.15, 0.2) is 0 Å². The van der Waals surface area contributed by atoms with Crippen LogP contribution in [0.15, 0.2) is 0 Å². The van der Waals surface area contributed by atoms with Gasteiger partial charge in [-0.25, -0.2) is 4.98 Å². The van der Waals surface area contributed by atoms with E-state index in [0.29, 0.717) is 5.92 Å². The summed E-state index contributed by atoms with van der Waals surface area (Å²) >= 11 is 0. The lowest BCUT2D eigenvalue weighted by atomic mass is 10.2. The number of hydrogen-bond donors (Lipinski definition) is 2. The molecule has 20 heavy (non-hydrogen) atoms. The largest absolute Gasteiger partial charge is 0.368 e. The molecule has 3 rings (SSSR count). The number of H-pyrrole nitrogens is 1. The second kappa shape index (κ2) is 5.22. The molecule has 0 saturated heterocycles. The maximum Gasteiger partial charge on any atom is 0.294 e. The van der Waals surface area contributed by atoms with Gasteiger partial charge in [0.2, 0.25) is 11.7 Å². The van der Waals surface area contributed by atoms with Gasteiger partial charge in [0, 0.05) is 12.0 Å². The number of nitrogens with one attached hydrogen (secondary N) is 1. The van der Waals surface area contributed by atoms with E-state index in [0.717, 1.165) is 44.3 Å². The summed E-state index contributed by atoms with van der Waals surface area (Å²) in [4.78, 5) is 29.5. The highest BCUT2D eigenvalue weighted by molar-refractivity contribution is 5.93. The Bertz CT molecular complexity index is 517. The van der Waals surface area contributed by atoms with E-state index in [1.807, 2.05) is 0 Å². The van der Waals surface area contributed by atoms with Crippen LogP contribution in [-0.2, 0) is 4.79 Å². The summed E-state index contributed by atoms with van der Waals surface area (Å²) in [5.74, 6) is 0.557. The van der Waals surface area contributed by atoms with E-state index < -0.39 is 5.91 Å². The highest BCUT2D eigenvalue weighted by Gasteiger charge is 2.32. The van der Waals surface area contributed by atoms with Crippen LogP contribution in [-0.4, -0.2) is 44.5 Å². The lowest BCUT2D eigenvalue weighted by molar-refractivity contribution is -0.119. The van der Waals surface area contributed by atoms with Gasteiger partial charge in [-0.15, -0.1) is 5.10 Å². The Morgan fingerprint density at radius 1 is 1.25 bits per heavy atom. The fourth-order valence-corrected chi connectivity index (χ4v) is 2.79. The van der Waals surface area contributed by atoms with Crippen molar-refractivity contribution in [3.63, 3.8) is 0 Å². The van der Waals surface area contributed by atoms with Crippen LogP contribution in [0.5, 0.6) is 0 Å². The first-order valence-corrected chi connectivity index (χ1v) is 7.16. The molecule has 2 aliphatic rings. The number of carbonyl (C=O) groups excluding carboxylic acids is 2. The molecule has 1 heterocycles. The van der Waals surface area contributed by atoms with Gasteiger partial charge in [-0.05, 0) is 25.7 Å². The standard InChI is InChI=1S/C13H19N5O2/c14-10(19)7-18(9-3-1-2-4-9)13(20)12-15-11(16-17-12)8-5-6-8/h8-9H,1-7H2,(H2,14,19)(H,15,16,17). The highest BCUT2D eigenvalue weighted by Crippen LogP contribution is 2.37. The third kappa shape index (κ3) is 2.66. The van der Waals surface area contributed by atoms with Crippen LogP contribution in [0.2, 0.25) is 0 Å². The topological polar surface area (TPSA) is 105 Å². The van der Waals surface area contributed by atoms with Crippen LogP contribution in [0.25, 0.3) is 0 Å². The Morgan fingerprint density at radius 3 is 2.55 bits per heavy atom. The van der Waals surface area contributed by atoms with Gasteiger partial charge < -0.3 is 10.6 Å². The minimum absolute atomic E-state index is 0.0587. The molecule has 7 nitrogen and oxygen atoms in total. The van der Waals surface area contributed by atoms with Crippen LogP contribution >= 0.6 is 0 Å². The number of nitrogens with two attached hydrogens (primary N) is 1. The molecule has 0 aliphatic heterocycles. The van der Waals surface area contributed by atoms with Gasteiger partial charge in [0.25, 0.3) is 5.91 Å². The summed E-state index contributed by atoms with van der Waals surface area (Å²) in [6.45, 7) is -0.0587. The van der Waals surface area contributed by atoms with E-state index in [9.17, 15) is 9.59 Å². The fraction of sp³-hybridized carbons (Fsp3) is 0.692. The zero-order valence-electron chi connectivity index (χ0n) is 11.3. The molecule has 2 saturated carbocycles. The predicted molar refractivity (Wildman–Crippen MR) is 70.8 cm³/mol. The van der Waals surface area contributed by atoms with E-state index in [1.54, 1.807) is 0 Å². The quantitative estimate of drug-likeness (QED) is 0.820. The molecule has 2 aliphatic carbocycles. The molecule has 7 heteroatoms. The molecule has 1 aromatic rings. The van der Waals surface area contributed by atoms with Crippen molar-refractivity contribution >= 4 is 11.8 Å². The van der Waals surface area contributed by atoms with Crippen molar-refractivity contribution in [2.24, 2.45) is 5.73 Å². The van der Waals surface area contributed by atoms with Crippen LogP contribution in [0.4, 0.5) is 0 Å². The number of carbonyl (C=O) groups is 2. The lowest BCUT2D eigenvalue weighted by Crippen LogP contribution is -2.44. The Hall–Kier alpha value is -1.92. The van der Waals surface area contributed by atoms with E-state index >= 15 is 0 Å². The number of nitrogens with zero attached hydrogens (tertiary/aromatic N) is 3. The molecule has 0 unspecified atom stereocenters. The van der Waals surface area contributed by atoms with Crippen molar-refractivity contribution in [3.8, 4) is 0 Å². The SMILES string of the molecule is NC(=O)CN(C(=O)c1n[nH]c(C2CC2)n1)C1CCCC1. The molecule has 2 fully saturated rings. The summed E-state index contributed by atoms with van der Waals surface area (Å²) < 4.78 is 0. The predicted octanol–water partition coefficient (Wildman–Crippen LogP) is 0.552. The number of aromatic amines is 1. The van der Waals surface area contributed by atoms with Gasteiger partial charge in [-0.3, -0.25) is 14.7 Å². The molecule has 2 amide bonds. The van der Waals surface area contributed by atoms with Crippen LogP contribution in [0, 0.1) is 0 Å². The molecule has 1 aromatic heterocycles. The summed E-state index contributed by atoms with van der Waals surface area (Å²) in [6.07, 6.45) is 6.17. The monoisotopic (exact) mass is 277 g/mol. The van der Waals surface area contributed by atoms with Crippen molar-refractivity contribution in [1.82, 2.24) is 20.1 Å². The third-order valence-electron chi connectivity index (χ3n) is 4.01. The van der Waals surface area contributed by atoms with Crippen molar-refractivity contribution < 1.29 is 9.59 Å². The van der Waals surface area contributed by atoms with Gasteiger partial charge in [0.05, 0.1) is 0 Å². The van der Waals surface area contributed by atoms with Crippen molar-refractivity contribution in [2.45, 2.75) is 50.5 Å². The van der Waals surface area contributed by atoms with Crippen molar-refractivity contribution in [2.75, 3.05) is 6.54 Å². The van der Waals surface area contributed by atoms with E-state index in [2.05, 4.69) is 15.2 Å². The Labute approximate surface area is 116 Å². The molecule has 3 N–H and O–H groups in total. The van der Waals surface area contributed by atoms with E-state index in [-0.39, 0.29) is 24.3 Å². The third-order valence-corrected chi connectivity index (χ3v) is 4.01. The summed E-state index contributed by atoms with van der Waals surface area (Å²) in [6, 6.07) is 0.0814. The lowest BCUT2D eigenvalue weighted by Gasteiger charge is -2.26. The molecular weight excluding hydrogens is 258 g/mol. The molecule has 0 aromatic carbocycles. The average Bonchev–Trinajstić information content (AvgIpc) is 2.95. The van der Waals surface area contributed by atoms with Gasteiger partial charge in [0.1, 0.15) is 12.4 Å².